The van der Waals surface area contributed by atoms with Crippen LogP contribution in [0.5, 0.6) is 5.75 Å². The number of ether oxygens (including phenoxy) is 2. The van der Waals surface area contributed by atoms with Crippen molar-refractivity contribution >= 4 is 48.5 Å². The monoisotopic (exact) mass is 695 g/mol. The Morgan fingerprint density at radius 1 is 0.920 bits per heavy atom. The lowest BCUT2D eigenvalue weighted by Gasteiger charge is -2.42. The summed E-state index contributed by atoms with van der Waals surface area (Å²) in [7, 11) is 2.78. The quantitative estimate of drug-likeness (QED) is 0.129. The molecule has 1 atom stereocenters. The fourth-order valence-corrected chi connectivity index (χ4v) is 8.06. The van der Waals surface area contributed by atoms with Crippen molar-refractivity contribution < 1.29 is 9.47 Å². The first kappa shape index (κ1) is 34.5. The number of hydrazone groups is 1. The van der Waals surface area contributed by atoms with E-state index in [2.05, 4.69) is 99.8 Å². The molecule has 3 aliphatic heterocycles. The highest BCUT2D eigenvalue weighted by atomic mass is 28.3. The van der Waals surface area contributed by atoms with Gasteiger partial charge in [-0.3, -0.25) is 4.90 Å². The minimum Gasteiger partial charge on any atom is -0.495 e. The highest BCUT2D eigenvalue weighted by molar-refractivity contribution is 6.76. The van der Waals surface area contributed by atoms with Crippen molar-refractivity contribution in [2.24, 2.45) is 5.10 Å². The smallest absolute Gasteiger partial charge is 0.231 e. The van der Waals surface area contributed by atoms with Gasteiger partial charge in [0.2, 0.25) is 5.95 Å². The lowest BCUT2D eigenvalue weighted by molar-refractivity contribution is 0.0899. The molecule has 2 aromatic carbocycles. The van der Waals surface area contributed by atoms with Crippen LogP contribution >= 0.6 is 0 Å². The van der Waals surface area contributed by atoms with E-state index in [-0.39, 0.29) is 6.04 Å². The maximum atomic E-state index is 6.17. The standard InChI is InChI=1S/C38H53N9O2Si/c1-43-21-23-44(24-22-43)31-14-18-45(19-15-31)34-12-11-30(27-35(34)48-2)40-38-41-36-32(16-20-46(36)28-49-25-26-50(3,4)5)37(42-38)47-33(13-17-39-47)29-9-7-6-8-10-29/h6-12,16-17,20,27,31,33H,13-15,18-19,21-26,28H2,1-5H3,(H,40,41,42). The molecular formula is C38H53N9O2Si. The van der Waals surface area contributed by atoms with Crippen LogP contribution in [0.1, 0.15) is 30.9 Å². The largest absolute Gasteiger partial charge is 0.495 e. The number of hydrogen-bond acceptors (Lipinski definition) is 10. The molecule has 7 rings (SSSR count). The number of nitrogens with one attached hydrogen (secondary N) is 1. The second-order valence-electron chi connectivity index (χ2n) is 15.1. The second kappa shape index (κ2) is 15.1. The number of methoxy groups -OCH3 is 1. The van der Waals surface area contributed by atoms with Crippen molar-refractivity contribution in [1.29, 1.82) is 0 Å². The van der Waals surface area contributed by atoms with Crippen LogP contribution in [0, 0.1) is 0 Å². The van der Waals surface area contributed by atoms with Gasteiger partial charge in [0.1, 0.15) is 18.1 Å². The first-order chi connectivity index (χ1) is 24.3. The van der Waals surface area contributed by atoms with Crippen LogP contribution in [0.3, 0.4) is 0 Å². The van der Waals surface area contributed by atoms with E-state index < -0.39 is 8.07 Å². The van der Waals surface area contributed by atoms with E-state index in [9.17, 15) is 0 Å². The summed E-state index contributed by atoms with van der Waals surface area (Å²) < 4.78 is 14.2. The Labute approximate surface area is 297 Å². The summed E-state index contributed by atoms with van der Waals surface area (Å²) >= 11 is 0. The zero-order valence-electron chi connectivity index (χ0n) is 30.4. The van der Waals surface area contributed by atoms with Crippen LogP contribution in [-0.2, 0) is 11.5 Å². The first-order valence-electron chi connectivity index (χ1n) is 18.2. The SMILES string of the molecule is COc1cc(Nc2nc(N3N=CCC3c3ccccc3)c3ccn(COCC[Si](C)(C)C)c3n2)ccc1N1CCC(N2CCN(C)CC2)CC1. The lowest BCUT2D eigenvalue weighted by Crippen LogP contribution is -2.52. The summed E-state index contributed by atoms with van der Waals surface area (Å²) in [5.74, 6) is 2.13. The average Bonchev–Trinajstić information content (AvgIpc) is 3.78. The molecule has 0 radical (unpaired) electrons. The Morgan fingerprint density at radius 2 is 1.70 bits per heavy atom. The lowest BCUT2D eigenvalue weighted by atomic mass is 10.0. The zero-order chi connectivity index (χ0) is 34.7. The topological polar surface area (TPSA) is 86.5 Å². The average molecular weight is 696 g/mol. The molecule has 12 heteroatoms. The van der Waals surface area contributed by atoms with Crippen LogP contribution in [-0.4, -0.2) is 105 Å². The van der Waals surface area contributed by atoms with Crippen LogP contribution in [0.2, 0.25) is 25.7 Å². The van der Waals surface area contributed by atoms with Crippen molar-refractivity contribution in [1.82, 2.24) is 24.3 Å². The number of benzene rings is 2. The highest BCUT2D eigenvalue weighted by Gasteiger charge is 2.30. The summed E-state index contributed by atoms with van der Waals surface area (Å²) in [5.41, 5.74) is 4.02. The van der Waals surface area contributed by atoms with Crippen molar-refractivity contribution in [2.45, 2.75) is 63.8 Å². The van der Waals surface area contributed by atoms with E-state index in [4.69, 9.17) is 24.5 Å². The molecule has 2 saturated heterocycles. The van der Waals surface area contributed by atoms with Crippen molar-refractivity contribution in [3.05, 3.63) is 66.4 Å². The van der Waals surface area contributed by atoms with Crippen molar-refractivity contribution in [3.8, 4) is 5.75 Å². The normalized spacial score (nSPS) is 19.5. The Kier molecular flexibility index (Phi) is 10.4. The number of anilines is 4. The molecule has 0 aliphatic carbocycles. The van der Waals surface area contributed by atoms with Gasteiger partial charge in [-0.25, -0.2) is 5.01 Å². The molecular weight excluding hydrogens is 643 g/mol. The molecule has 1 N–H and O–H groups in total. The number of nitrogens with zero attached hydrogens (tertiary/aromatic N) is 8. The van der Waals surface area contributed by atoms with E-state index in [1.54, 1.807) is 7.11 Å². The van der Waals surface area contributed by atoms with E-state index in [1.165, 1.54) is 31.5 Å². The van der Waals surface area contributed by atoms with Gasteiger partial charge >= 0.3 is 0 Å². The molecule has 0 amide bonds. The molecule has 11 nitrogen and oxygen atoms in total. The third kappa shape index (κ3) is 7.83. The molecule has 3 aliphatic rings. The predicted molar refractivity (Wildman–Crippen MR) is 207 cm³/mol. The predicted octanol–water partition coefficient (Wildman–Crippen LogP) is 6.65. The van der Waals surface area contributed by atoms with E-state index in [0.29, 0.717) is 18.7 Å². The third-order valence-corrected chi connectivity index (χ3v) is 12.1. The maximum Gasteiger partial charge on any atom is 0.231 e. The summed E-state index contributed by atoms with van der Waals surface area (Å²) in [6.45, 7) is 15.0. The molecule has 0 bridgehead atoms. The summed E-state index contributed by atoms with van der Waals surface area (Å²) in [4.78, 5) is 17.7. The van der Waals surface area contributed by atoms with Gasteiger partial charge in [0.15, 0.2) is 5.82 Å². The molecule has 0 spiro atoms. The molecule has 266 valence electrons. The molecule has 4 aromatic rings. The molecule has 0 saturated carbocycles. The van der Waals surface area contributed by atoms with Gasteiger partial charge in [-0.05, 0) is 49.7 Å². The number of fused-ring (bicyclic) bond motifs is 1. The Hall–Kier alpha value is -3.97. The number of piperidine rings is 1. The van der Waals surface area contributed by atoms with Gasteiger partial charge in [0.05, 0.1) is 24.2 Å². The van der Waals surface area contributed by atoms with Crippen LogP contribution in [0.15, 0.2) is 65.9 Å². The summed E-state index contributed by atoms with van der Waals surface area (Å²) in [6.07, 6.45) is 7.18. The zero-order valence-corrected chi connectivity index (χ0v) is 31.4. The van der Waals surface area contributed by atoms with Crippen molar-refractivity contribution in [3.63, 3.8) is 0 Å². The number of aromatic nitrogens is 3. The molecule has 5 heterocycles. The fourth-order valence-electron chi connectivity index (χ4n) is 7.30. The van der Waals surface area contributed by atoms with Gasteiger partial charge in [0, 0.05) is 90.6 Å². The van der Waals surface area contributed by atoms with Gasteiger partial charge in [-0.2, -0.15) is 15.1 Å². The minimum absolute atomic E-state index is 0.0539. The highest BCUT2D eigenvalue weighted by Crippen LogP contribution is 2.38. The van der Waals surface area contributed by atoms with Gasteiger partial charge in [-0.1, -0.05) is 50.0 Å². The minimum atomic E-state index is -1.20. The maximum absolute atomic E-state index is 6.17. The Balaban J connectivity index is 1.13. The fraction of sp³-hybridized carbons (Fsp3) is 0.500. The van der Waals surface area contributed by atoms with E-state index >= 15 is 0 Å². The van der Waals surface area contributed by atoms with Gasteiger partial charge < -0.3 is 29.2 Å². The number of rotatable bonds is 12. The van der Waals surface area contributed by atoms with Crippen LogP contribution in [0.4, 0.5) is 23.1 Å². The number of piperazine rings is 1. The van der Waals surface area contributed by atoms with Gasteiger partial charge in [-0.15, -0.1) is 0 Å². The van der Waals surface area contributed by atoms with E-state index in [0.717, 1.165) is 79.2 Å². The van der Waals surface area contributed by atoms with Gasteiger partial charge in [0.25, 0.3) is 0 Å². The molecule has 50 heavy (non-hydrogen) atoms. The van der Waals surface area contributed by atoms with Crippen molar-refractivity contribution in [2.75, 3.05) is 75.3 Å². The molecule has 2 aromatic heterocycles. The molecule has 2 fully saturated rings. The summed E-state index contributed by atoms with van der Waals surface area (Å²) in [6, 6.07) is 20.8. The number of hydrogen-bond donors (Lipinski definition) is 1. The second-order valence-corrected chi connectivity index (χ2v) is 20.7. The first-order valence-corrected chi connectivity index (χ1v) is 21.9. The Bertz CT molecular complexity index is 1760. The Morgan fingerprint density at radius 3 is 2.44 bits per heavy atom. The van der Waals surface area contributed by atoms with Crippen LogP contribution < -0.4 is 20.0 Å². The molecule has 1 unspecified atom stereocenters. The number of likely N-dealkylation sites (N-methyl/N-ethyl adjacent to an activating group) is 1. The third-order valence-electron chi connectivity index (χ3n) is 10.4. The van der Waals surface area contributed by atoms with E-state index in [1.807, 2.05) is 23.5 Å². The summed E-state index contributed by atoms with van der Waals surface area (Å²) in [5, 5.41) is 11.3. The van der Waals surface area contributed by atoms with Crippen LogP contribution in [0.25, 0.3) is 11.0 Å².